The molecule has 1 atom stereocenters. The minimum atomic E-state index is -1.07. The Morgan fingerprint density at radius 1 is 1.12 bits per heavy atom. The van der Waals surface area contributed by atoms with Gasteiger partial charge in [0.15, 0.2) is 12.7 Å². The SMILES string of the molecule is Cc1cccc(O[C@H](C)C(=O)Nc2cccc(OCC(=O)O)c2)c1. The van der Waals surface area contributed by atoms with Gasteiger partial charge in [0, 0.05) is 11.8 Å². The maximum atomic E-state index is 12.2. The largest absolute Gasteiger partial charge is 0.482 e. The molecule has 0 spiro atoms. The molecule has 0 aliphatic carbocycles. The van der Waals surface area contributed by atoms with E-state index < -0.39 is 18.7 Å². The number of carboxylic acid groups (broad SMARTS) is 1. The van der Waals surface area contributed by atoms with Crippen molar-refractivity contribution in [2.75, 3.05) is 11.9 Å². The Morgan fingerprint density at radius 2 is 1.83 bits per heavy atom. The van der Waals surface area contributed by atoms with E-state index in [-0.39, 0.29) is 5.91 Å². The van der Waals surface area contributed by atoms with Gasteiger partial charge in [0.2, 0.25) is 0 Å². The molecule has 6 heteroatoms. The zero-order valence-corrected chi connectivity index (χ0v) is 13.5. The van der Waals surface area contributed by atoms with E-state index >= 15 is 0 Å². The van der Waals surface area contributed by atoms with E-state index in [4.69, 9.17) is 14.6 Å². The van der Waals surface area contributed by atoms with Gasteiger partial charge < -0.3 is 19.9 Å². The Bertz CT molecular complexity index is 729. The van der Waals surface area contributed by atoms with Crippen LogP contribution in [0.4, 0.5) is 5.69 Å². The average molecular weight is 329 g/mol. The number of hydrogen-bond donors (Lipinski definition) is 2. The third kappa shape index (κ3) is 5.31. The molecule has 0 unspecified atom stereocenters. The second-order valence-electron chi connectivity index (χ2n) is 5.28. The van der Waals surface area contributed by atoms with E-state index in [0.717, 1.165) is 5.56 Å². The molecule has 0 bridgehead atoms. The third-order valence-electron chi connectivity index (χ3n) is 3.14. The molecule has 2 aromatic carbocycles. The van der Waals surface area contributed by atoms with E-state index in [9.17, 15) is 9.59 Å². The monoisotopic (exact) mass is 329 g/mol. The lowest BCUT2D eigenvalue weighted by Crippen LogP contribution is -2.30. The fourth-order valence-electron chi connectivity index (χ4n) is 2.00. The highest BCUT2D eigenvalue weighted by atomic mass is 16.5. The number of carbonyl (C=O) groups excluding carboxylic acids is 1. The van der Waals surface area contributed by atoms with E-state index in [0.29, 0.717) is 17.2 Å². The van der Waals surface area contributed by atoms with Gasteiger partial charge in [-0.3, -0.25) is 4.79 Å². The Kier molecular flexibility index (Phi) is 5.78. The number of hydrogen-bond acceptors (Lipinski definition) is 4. The number of nitrogens with one attached hydrogen (secondary N) is 1. The molecule has 0 radical (unpaired) electrons. The fourth-order valence-corrected chi connectivity index (χ4v) is 2.00. The van der Waals surface area contributed by atoms with Gasteiger partial charge in [-0.1, -0.05) is 18.2 Å². The van der Waals surface area contributed by atoms with Crippen LogP contribution in [0.2, 0.25) is 0 Å². The van der Waals surface area contributed by atoms with Crippen LogP contribution in [-0.4, -0.2) is 29.7 Å². The van der Waals surface area contributed by atoms with Crippen molar-refractivity contribution in [3.05, 3.63) is 54.1 Å². The summed E-state index contributed by atoms with van der Waals surface area (Å²) < 4.78 is 10.7. The number of benzene rings is 2. The van der Waals surface area contributed by atoms with Gasteiger partial charge in [0.25, 0.3) is 5.91 Å². The van der Waals surface area contributed by atoms with Crippen molar-refractivity contribution in [3.8, 4) is 11.5 Å². The molecule has 0 fully saturated rings. The molecule has 24 heavy (non-hydrogen) atoms. The Hall–Kier alpha value is -3.02. The maximum absolute atomic E-state index is 12.2. The summed E-state index contributed by atoms with van der Waals surface area (Å²) in [4.78, 5) is 22.7. The highest BCUT2D eigenvalue weighted by Crippen LogP contribution is 2.19. The molecule has 0 saturated carbocycles. The van der Waals surface area contributed by atoms with Crippen LogP contribution in [0.25, 0.3) is 0 Å². The summed E-state index contributed by atoms with van der Waals surface area (Å²) in [6, 6.07) is 14.0. The topological polar surface area (TPSA) is 84.9 Å². The molecular formula is C18H19NO5. The molecule has 0 saturated heterocycles. The van der Waals surface area contributed by atoms with E-state index in [1.165, 1.54) is 0 Å². The average Bonchev–Trinajstić information content (AvgIpc) is 2.53. The van der Waals surface area contributed by atoms with Crippen molar-refractivity contribution in [1.29, 1.82) is 0 Å². The van der Waals surface area contributed by atoms with Crippen molar-refractivity contribution in [2.24, 2.45) is 0 Å². The van der Waals surface area contributed by atoms with Gasteiger partial charge in [-0.05, 0) is 43.7 Å². The van der Waals surface area contributed by atoms with Crippen molar-refractivity contribution in [2.45, 2.75) is 20.0 Å². The summed E-state index contributed by atoms with van der Waals surface area (Å²) in [6.45, 7) is 3.16. The van der Waals surface area contributed by atoms with Crippen LogP contribution < -0.4 is 14.8 Å². The Balaban J connectivity index is 1.95. The number of anilines is 1. The number of carboxylic acids is 1. The van der Waals surface area contributed by atoms with Gasteiger partial charge in [-0.2, -0.15) is 0 Å². The molecule has 6 nitrogen and oxygen atoms in total. The summed E-state index contributed by atoms with van der Waals surface area (Å²) in [5.41, 5.74) is 1.55. The number of amides is 1. The van der Waals surface area contributed by atoms with Gasteiger partial charge in [0.1, 0.15) is 11.5 Å². The zero-order chi connectivity index (χ0) is 17.5. The Morgan fingerprint density at radius 3 is 2.54 bits per heavy atom. The van der Waals surface area contributed by atoms with Crippen LogP contribution in [0.1, 0.15) is 12.5 Å². The predicted octanol–water partition coefficient (Wildman–Crippen LogP) is 2.86. The number of aliphatic carboxylic acids is 1. The lowest BCUT2D eigenvalue weighted by Gasteiger charge is -2.15. The molecular weight excluding hydrogens is 310 g/mol. The summed E-state index contributed by atoms with van der Waals surface area (Å²) >= 11 is 0. The van der Waals surface area contributed by atoms with Crippen molar-refractivity contribution < 1.29 is 24.2 Å². The number of aryl methyl sites for hydroxylation is 1. The zero-order valence-electron chi connectivity index (χ0n) is 13.5. The summed E-state index contributed by atoms with van der Waals surface area (Å²) in [6.07, 6.45) is -0.685. The maximum Gasteiger partial charge on any atom is 0.341 e. The highest BCUT2D eigenvalue weighted by Gasteiger charge is 2.15. The summed E-state index contributed by atoms with van der Waals surface area (Å²) in [5.74, 6) is -0.393. The standard InChI is InChI=1S/C18H19NO5/c1-12-5-3-8-16(9-12)24-13(2)18(22)19-14-6-4-7-15(10-14)23-11-17(20)21/h3-10,13H,11H2,1-2H3,(H,19,22)(H,20,21)/t13-/m1/s1. The van der Waals surface area contributed by atoms with E-state index in [2.05, 4.69) is 5.32 Å². The minimum Gasteiger partial charge on any atom is -0.482 e. The number of ether oxygens (including phenoxy) is 2. The molecule has 0 aliphatic rings. The van der Waals surface area contributed by atoms with Gasteiger partial charge in [0.05, 0.1) is 0 Å². The predicted molar refractivity (Wildman–Crippen MR) is 89.5 cm³/mol. The molecule has 126 valence electrons. The Labute approximate surface area is 140 Å². The van der Waals surface area contributed by atoms with Crippen LogP contribution in [-0.2, 0) is 9.59 Å². The fraction of sp³-hybridized carbons (Fsp3) is 0.222. The van der Waals surface area contributed by atoms with E-state index in [1.807, 2.05) is 25.1 Å². The van der Waals surface area contributed by atoms with Gasteiger partial charge in [-0.25, -0.2) is 4.79 Å². The van der Waals surface area contributed by atoms with Crippen molar-refractivity contribution >= 4 is 17.6 Å². The van der Waals surface area contributed by atoms with Crippen LogP contribution in [0, 0.1) is 6.92 Å². The minimum absolute atomic E-state index is 0.313. The summed E-state index contributed by atoms with van der Waals surface area (Å²) in [7, 11) is 0. The smallest absolute Gasteiger partial charge is 0.341 e. The first kappa shape index (κ1) is 17.3. The normalized spacial score (nSPS) is 11.4. The summed E-state index contributed by atoms with van der Waals surface area (Å²) in [5, 5.41) is 11.3. The van der Waals surface area contributed by atoms with E-state index in [1.54, 1.807) is 37.3 Å². The second kappa shape index (κ2) is 8.01. The van der Waals surface area contributed by atoms with Crippen LogP contribution >= 0.6 is 0 Å². The molecule has 2 N–H and O–H groups in total. The quantitative estimate of drug-likeness (QED) is 0.816. The highest BCUT2D eigenvalue weighted by molar-refractivity contribution is 5.94. The van der Waals surface area contributed by atoms with Crippen LogP contribution in [0.5, 0.6) is 11.5 Å². The van der Waals surface area contributed by atoms with Crippen LogP contribution in [0.3, 0.4) is 0 Å². The number of rotatable bonds is 7. The van der Waals surface area contributed by atoms with Crippen molar-refractivity contribution in [3.63, 3.8) is 0 Å². The lowest BCUT2D eigenvalue weighted by molar-refractivity contribution is -0.139. The molecule has 0 aliphatic heterocycles. The lowest BCUT2D eigenvalue weighted by atomic mass is 10.2. The molecule has 1 amide bonds. The van der Waals surface area contributed by atoms with Gasteiger partial charge in [-0.15, -0.1) is 0 Å². The van der Waals surface area contributed by atoms with Gasteiger partial charge >= 0.3 is 5.97 Å². The third-order valence-corrected chi connectivity index (χ3v) is 3.14. The molecule has 2 rings (SSSR count). The first-order valence-corrected chi connectivity index (χ1v) is 7.43. The molecule has 0 heterocycles. The van der Waals surface area contributed by atoms with Crippen molar-refractivity contribution in [1.82, 2.24) is 0 Å². The number of carbonyl (C=O) groups is 2. The molecule has 2 aromatic rings. The van der Waals surface area contributed by atoms with Crippen LogP contribution in [0.15, 0.2) is 48.5 Å². The first-order valence-electron chi connectivity index (χ1n) is 7.43. The second-order valence-corrected chi connectivity index (χ2v) is 5.28. The molecule has 0 aromatic heterocycles. The first-order chi connectivity index (χ1) is 11.4.